The van der Waals surface area contributed by atoms with Crippen LogP contribution in [0.4, 0.5) is 10.1 Å². The van der Waals surface area contributed by atoms with Gasteiger partial charge in [0.1, 0.15) is 5.82 Å². The zero-order valence-corrected chi connectivity index (χ0v) is 12.4. The minimum atomic E-state index is -0.788. The van der Waals surface area contributed by atoms with Crippen molar-refractivity contribution in [2.45, 2.75) is 20.0 Å². The minimum absolute atomic E-state index is 0.300. The fraction of sp³-hybridized carbons (Fsp3) is 0.176. The Hall–Kier alpha value is -2.69. The number of hydrogen-bond acceptors (Lipinski definition) is 3. The number of amides is 1. The quantitative estimate of drug-likeness (QED) is 0.678. The monoisotopic (exact) mass is 300 g/mol. The van der Waals surface area contributed by atoms with Gasteiger partial charge in [0.15, 0.2) is 0 Å². The first kappa shape index (κ1) is 15.7. The van der Waals surface area contributed by atoms with E-state index in [9.17, 15) is 9.18 Å². The topological polar surface area (TPSA) is 50.7 Å². The van der Waals surface area contributed by atoms with Gasteiger partial charge in [0.05, 0.1) is 6.21 Å². The molecule has 1 atom stereocenters. The van der Waals surface area contributed by atoms with Crippen molar-refractivity contribution in [1.82, 2.24) is 0 Å². The lowest BCUT2D eigenvalue weighted by atomic mass is 10.2. The lowest BCUT2D eigenvalue weighted by Gasteiger charge is -2.10. The zero-order valence-electron chi connectivity index (χ0n) is 12.4. The van der Waals surface area contributed by atoms with Crippen molar-refractivity contribution < 1.29 is 14.0 Å². The Morgan fingerprint density at radius 3 is 2.77 bits per heavy atom. The van der Waals surface area contributed by atoms with E-state index in [4.69, 9.17) is 4.84 Å². The molecular formula is C17H17FN2O2. The summed E-state index contributed by atoms with van der Waals surface area (Å²) in [5.74, 6) is -0.719. The molecule has 0 spiro atoms. The fourth-order valence-corrected chi connectivity index (χ4v) is 1.77. The molecule has 0 heterocycles. The number of anilines is 1. The van der Waals surface area contributed by atoms with Gasteiger partial charge in [-0.1, -0.05) is 35.5 Å². The predicted molar refractivity (Wildman–Crippen MR) is 84.3 cm³/mol. The van der Waals surface area contributed by atoms with Gasteiger partial charge in [0, 0.05) is 11.3 Å². The van der Waals surface area contributed by atoms with E-state index in [-0.39, 0.29) is 5.91 Å². The van der Waals surface area contributed by atoms with Gasteiger partial charge in [-0.15, -0.1) is 0 Å². The molecule has 0 aliphatic carbocycles. The normalized spacial score (nSPS) is 12.1. The van der Waals surface area contributed by atoms with Crippen LogP contribution in [-0.2, 0) is 9.63 Å². The number of rotatable bonds is 5. The molecule has 5 heteroatoms. The molecule has 0 bridgehead atoms. The van der Waals surface area contributed by atoms with E-state index in [0.717, 1.165) is 5.56 Å². The van der Waals surface area contributed by atoms with Crippen LogP contribution in [-0.4, -0.2) is 18.2 Å². The third-order valence-electron chi connectivity index (χ3n) is 2.97. The molecule has 0 unspecified atom stereocenters. The molecule has 0 aliphatic rings. The SMILES string of the molecule is Cc1cccc(NC(=O)[C@H](C)O/N=C\c2ccccc2F)c1. The second kappa shape index (κ2) is 7.36. The highest BCUT2D eigenvalue weighted by Crippen LogP contribution is 2.10. The molecule has 0 aromatic heterocycles. The maximum absolute atomic E-state index is 13.4. The summed E-state index contributed by atoms with van der Waals surface area (Å²) >= 11 is 0. The number of aryl methyl sites for hydroxylation is 1. The Morgan fingerprint density at radius 2 is 2.05 bits per heavy atom. The molecule has 2 aromatic rings. The number of nitrogens with zero attached hydrogens (tertiary/aromatic N) is 1. The molecule has 114 valence electrons. The van der Waals surface area contributed by atoms with Gasteiger partial charge in [-0.3, -0.25) is 4.79 Å². The molecule has 1 amide bonds. The highest BCUT2D eigenvalue weighted by Gasteiger charge is 2.14. The number of carbonyl (C=O) groups is 1. The Morgan fingerprint density at radius 1 is 1.27 bits per heavy atom. The molecule has 1 N–H and O–H groups in total. The number of halogens is 1. The summed E-state index contributed by atoms with van der Waals surface area (Å²) in [7, 11) is 0. The molecule has 0 fully saturated rings. The standard InChI is InChI=1S/C17H17FN2O2/c1-12-6-5-8-15(10-12)20-17(21)13(2)22-19-11-14-7-3-4-9-16(14)18/h3-11,13H,1-2H3,(H,20,21)/b19-11-/t13-/m0/s1. The van der Waals surface area contributed by atoms with Crippen LogP contribution in [0.2, 0.25) is 0 Å². The summed E-state index contributed by atoms with van der Waals surface area (Å²) < 4.78 is 13.4. The van der Waals surface area contributed by atoms with Gasteiger partial charge in [-0.2, -0.15) is 0 Å². The summed E-state index contributed by atoms with van der Waals surface area (Å²) in [4.78, 5) is 17.0. The highest BCUT2D eigenvalue weighted by molar-refractivity contribution is 5.94. The van der Waals surface area contributed by atoms with E-state index < -0.39 is 11.9 Å². The molecule has 2 rings (SSSR count). The van der Waals surface area contributed by atoms with Crippen molar-refractivity contribution in [1.29, 1.82) is 0 Å². The maximum atomic E-state index is 13.4. The smallest absolute Gasteiger partial charge is 0.267 e. The number of oxime groups is 1. The van der Waals surface area contributed by atoms with Gasteiger partial charge in [0.25, 0.3) is 5.91 Å². The third-order valence-corrected chi connectivity index (χ3v) is 2.97. The van der Waals surface area contributed by atoms with E-state index in [2.05, 4.69) is 10.5 Å². The molecule has 0 radical (unpaired) electrons. The van der Waals surface area contributed by atoms with Gasteiger partial charge in [0.2, 0.25) is 6.10 Å². The van der Waals surface area contributed by atoms with Crippen LogP contribution in [0.5, 0.6) is 0 Å². The summed E-state index contributed by atoms with van der Waals surface area (Å²) in [6.07, 6.45) is 0.453. The van der Waals surface area contributed by atoms with Crippen LogP contribution in [0, 0.1) is 12.7 Å². The second-order valence-corrected chi connectivity index (χ2v) is 4.86. The molecule has 0 saturated carbocycles. The fourth-order valence-electron chi connectivity index (χ4n) is 1.77. The first-order valence-electron chi connectivity index (χ1n) is 6.87. The molecule has 22 heavy (non-hydrogen) atoms. The van der Waals surface area contributed by atoms with Gasteiger partial charge in [-0.25, -0.2) is 4.39 Å². The van der Waals surface area contributed by atoms with Crippen molar-refractivity contribution >= 4 is 17.8 Å². The van der Waals surface area contributed by atoms with Crippen LogP contribution < -0.4 is 5.32 Å². The van der Waals surface area contributed by atoms with E-state index in [1.807, 2.05) is 25.1 Å². The first-order chi connectivity index (χ1) is 10.6. The van der Waals surface area contributed by atoms with Crippen LogP contribution in [0.25, 0.3) is 0 Å². The van der Waals surface area contributed by atoms with Gasteiger partial charge < -0.3 is 10.2 Å². The third kappa shape index (κ3) is 4.41. The molecule has 4 nitrogen and oxygen atoms in total. The second-order valence-electron chi connectivity index (χ2n) is 4.86. The summed E-state index contributed by atoms with van der Waals surface area (Å²) in [5.41, 5.74) is 2.04. The van der Waals surface area contributed by atoms with E-state index >= 15 is 0 Å². The number of hydrogen-bond donors (Lipinski definition) is 1. The lowest BCUT2D eigenvalue weighted by Crippen LogP contribution is -2.26. The number of benzene rings is 2. The Kier molecular flexibility index (Phi) is 5.25. The van der Waals surface area contributed by atoms with Crippen molar-refractivity contribution in [2.75, 3.05) is 5.32 Å². The van der Waals surface area contributed by atoms with E-state index in [0.29, 0.717) is 11.3 Å². The van der Waals surface area contributed by atoms with Crippen LogP contribution in [0.3, 0.4) is 0 Å². The largest absolute Gasteiger partial charge is 0.383 e. The Balaban J connectivity index is 1.90. The lowest BCUT2D eigenvalue weighted by molar-refractivity contribution is -0.126. The van der Waals surface area contributed by atoms with Crippen LogP contribution >= 0.6 is 0 Å². The van der Waals surface area contributed by atoms with Crippen LogP contribution in [0.1, 0.15) is 18.1 Å². The van der Waals surface area contributed by atoms with Crippen molar-refractivity contribution in [3.63, 3.8) is 0 Å². The Bertz CT molecular complexity index is 686. The summed E-state index contributed by atoms with van der Waals surface area (Å²) in [6, 6.07) is 13.6. The number of nitrogens with one attached hydrogen (secondary N) is 1. The summed E-state index contributed by atoms with van der Waals surface area (Å²) in [5, 5.41) is 6.39. The van der Waals surface area contributed by atoms with Crippen LogP contribution in [0.15, 0.2) is 53.7 Å². The number of carbonyl (C=O) groups excluding carboxylic acids is 1. The highest BCUT2D eigenvalue weighted by atomic mass is 19.1. The first-order valence-corrected chi connectivity index (χ1v) is 6.87. The zero-order chi connectivity index (χ0) is 15.9. The van der Waals surface area contributed by atoms with Crippen molar-refractivity contribution in [2.24, 2.45) is 5.16 Å². The van der Waals surface area contributed by atoms with Crippen molar-refractivity contribution in [3.8, 4) is 0 Å². The molecule has 0 saturated heterocycles. The van der Waals surface area contributed by atoms with E-state index in [1.54, 1.807) is 31.2 Å². The summed E-state index contributed by atoms with van der Waals surface area (Å²) in [6.45, 7) is 3.51. The average molecular weight is 300 g/mol. The van der Waals surface area contributed by atoms with Gasteiger partial charge in [-0.05, 0) is 37.6 Å². The molecular weight excluding hydrogens is 283 g/mol. The molecule has 2 aromatic carbocycles. The average Bonchev–Trinajstić information content (AvgIpc) is 2.49. The van der Waals surface area contributed by atoms with E-state index in [1.165, 1.54) is 12.3 Å². The minimum Gasteiger partial charge on any atom is -0.383 e. The molecule has 0 aliphatic heterocycles. The van der Waals surface area contributed by atoms with Gasteiger partial charge >= 0.3 is 0 Å². The predicted octanol–water partition coefficient (Wildman–Crippen LogP) is 3.51. The van der Waals surface area contributed by atoms with Crippen molar-refractivity contribution in [3.05, 3.63) is 65.5 Å². The Labute approximate surface area is 128 Å². The maximum Gasteiger partial charge on any atom is 0.267 e.